The molecule has 2 aromatic carbocycles. The van der Waals surface area contributed by atoms with Crippen LogP contribution in [0.25, 0.3) is 0 Å². The van der Waals surface area contributed by atoms with Crippen molar-refractivity contribution in [3.8, 4) is 0 Å². The standard InChI is InChI=1S/C17H15BrINO/c1-11-4-2-5-12-6-3-9-20(16(11)12)17(21)14-10-13(18)7-8-15(14)19/h2,4-5,7-8,10H,3,6,9H2,1H3. The van der Waals surface area contributed by atoms with Gasteiger partial charge in [-0.25, -0.2) is 0 Å². The minimum absolute atomic E-state index is 0.0935. The Morgan fingerprint density at radius 3 is 2.90 bits per heavy atom. The summed E-state index contributed by atoms with van der Waals surface area (Å²) in [7, 11) is 0. The zero-order chi connectivity index (χ0) is 15.0. The summed E-state index contributed by atoms with van der Waals surface area (Å²) in [4.78, 5) is 14.9. The maximum Gasteiger partial charge on any atom is 0.259 e. The van der Waals surface area contributed by atoms with Crippen LogP contribution in [0, 0.1) is 10.5 Å². The molecule has 21 heavy (non-hydrogen) atoms. The highest BCUT2D eigenvalue weighted by molar-refractivity contribution is 14.1. The minimum atomic E-state index is 0.0935. The van der Waals surface area contributed by atoms with Gasteiger partial charge >= 0.3 is 0 Å². The molecule has 0 unspecified atom stereocenters. The van der Waals surface area contributed by atoms with Crippen LogP contribution in [0.2, 0.25) is 0 Å². The number of carbonyl (C=O) groups excluding carboxylic acids is 1. The summed E-state index contributed by atoms with van der Waals surface area (Å²) in [5.41, 5.74) is 4.32. The number of hydrogen-bond donors (Lipinski definition) is 0. The Morgan fingerprint density at radius 1 is 1.29 bits per heavy atom. The SMILES string of the molecule is Cc1cccc2c1N(C(=O)c1cc(Br)ccc1I)CCC2. The van der Waals surface area contributed by atoms with Crippen LogP contribution in [0.5, 0.6) is 0 Å². The quantitative estimate of drug-likeness (QED) is 0.557. The van der Waals surface area contributed by atoms with Gasteiger partial charge < -0.3 is 4.90 Å². The lowest BCUT2D eigenvalue weighted by molar-refractivity contribution is 0.0984. The summed E-state index contributed by atoms with van der Waals surface area (Å²) >= 11 is 5.69. The lowest BCUT2D eigenvalue weighted by Gasteiger charge is -2.31. The predicted molar refractivity (Wildman–Crippen MR) is 98.0 cm³/mol. The lowest BCUT2D eigenvalue weighted by Crippen LogP contribution is -2.36. The van der Waals surface area contributed by atoms with Gasteiger partial charge in [0.15, 0.2) is 0 Å². The maximum absolute atomic E-state index is 13.0. The molecule has 0 bridgehead atoms. The van der Waals surface area contributed by atoms with Crippen molar-refractivity contribution in [1.82, 2.24) is 0 Å². The Bertz CT molecular complexity index is 714. The third-order valence-corrected chi connectivity index (χ3v) is 5.26. The van der Waals surface area contributed by atoms with Gasteiger partial charge in [-0.15, -0.1) is 0 Å². The molecule has 0 saturated heterocycles. The van der Waals surface area contributed by atoms with E-state index in [1.807, 2.05) is 23.1 Å². The fraction of sp³-hybridized carbons (Fsp3) is 0.235. The number of para-hydroxylation sites is 1. The molecule has 0 N–H and O–H groups in total. The third-order valence-electron chi connectivity index (χ3n) is 3.82. The number of nitrogens with zero attached hydrogens (tertiary/aromatic N) is 1. The predicted octanol–water partition coefficient (Wildman–Crippen LogP) is 4.96. The number of amides is 1. The van der Waals surface area contributed by atoms with Crippen LogP contribution in [0.15, 0.2) is 40.9 Å². The molecular weight excluding hydrogens is 441 g/mol. The lowest BCUT2D eigenvalue weighted by atomic mass is 9.97. The van der Waals surface area contributed by atoms with Crippen LogP contribution in [-0.2, 0) is 6.42 Å². The number of anilines is 1. The van der Waals surface area contributed by atoms with E-state index in [1.165, 1.54) is 11.1 Å². The summed E-state index contributed by atoms with van der Waals surface area (Å²) in [5, 5.41) is 0. The summed E-state index contributed by atoms with van der Waals surface area (Å²) < 4.78 is 1.93. The molecule has 1 aliphatic rings. The van der Waals surface area contributed by atoms with E-state index < -0.39 is 0 Å². The van der Waals surface area contributed by atoms with E-state index in [2.05, 4.69) is 63.6 Å². The third kappa shape index (κ3) is 2.88. The van der Waals surface area contributed by atoms with Crippen LogP contribution < -0.4 is 4.90 Å². The Kier molecular flexibility index (Phi) is 4.36. The number of carbonyl (C=O) groups is 1. The van der Waals surface area contributed by atoms with Crippen LogP contribution >= 0.6 is 38.5 Å². The van der Waals surface area contributed by atoms with Crippen molar-refractivity contribution in [1.29, 1.82) is 0 Å². The van der Waals surface area contributed by atoms with Crippen molar-refractivity contribution in [3.05, 3.63) is 61.1 Å². The van der Waals surface area contributed by atoms with Crippen molar-refractivity contribution in [2.75, 3.05) is 11.4 Å². The van der Waals surface area contributed by atoms with E-state index in [9.17, 15) is 4.79 Å². The van der Waals surface area contributed by atoms with Gasteiger partial charge in [-0.2, -0.15) is 0 Å². The first-order valence-electron chi connectivity index (χ1n) is 6.93. The Hall–Kier alpha value is -0.880. The van der Waals surface area contributed by atoms with Gasteiger partial charge in [0.1, 0.15) is 0 Å². The van der Waals surface area contributed by atoms with Crippen molar-refractivity contribution in [3.63, 3.8) is 0 Å². The zero-order valence-corrected chi connectivity index (χ0v) is 15.4. The number of benzene rings is 2. The molecule has 3 rings (SSSR count). The molecule has 0 saturated carbocycles. The number of rotatable bonds is 1. The van der Waals surface area contributed by atoms with Gasteiger partial charge in [0.25, 0.3) is 5.91 Å². The Morgan fingerprint density at radius 2 is 2.10 bits per heavy atom. The number of fused-ring (bicyclic) bond motifs is 1. The van der Waals surface area contributed by atoms with Crippen molar-refractivity contribution in [2.45, 2.75) is 19.8 Å². The molecule has 0 spiro atoms. The molecule has 0 aromatic heterocycles. The number of aryl methyl sites for hydroxylation is 2. The molecule has 1 amide bonds. The first kappa shape index (κ1) is 15.0. The Labute approximate surface area is 146 Å². The van der Waals surface area contributed by atoms with Gasteiger partial charge in [-0.05, 0) is 71.7 Å². The Balaban J connectivity index is 2.06. The van der Waals surface area contributed by atoms with Gasteiger partial charge in [0.05, 0.1) is 11.3 Å². The molecule has 0 radical (unpaired) electrons. The van der Waals surface area contributed by atoms with Crippen molar-refractivity contribution < 1.29 is 4.79 Å². The van der Waals surface area contributed by atoms with E-state index in [0.717, 1.165) is 38.7 Å². The van der Waals surface area contributed by atoms with Gasteiger partial charge in [-0.1, -0.05) is 34.1 Å². The second kappa shape index (κ2) is 6.08. The van der Waals surface area contributed by atoms with E-state index in [4.69, 9.17) is 0 Å². The molecule has 1 heterocycles. The fourth-order valence-electron chi connectivity index (χ4n) is 2.86. The molecular formula is C17H15BrINO. The largest absolute Gasteiger partial charge is 0.308 e. The molecule has 0 atom stereocenters. The zero-order valence-electron chi connectivity index (χ0n) is 11.7. The highest BCUT2D eigenvalue weighted by Gasteiger charge is 2.26. The highest BCUT2D eigenvalue weighted by Crippen LogP contribution is 2.32. The van der Waals surface area contributed by atoms with Crippen molar-refractivity contribution >= 4 is 50.1 Å². The molecule has 2 nitrogen and oxygen atoms in total. The first-order chi connectivity index (χ1) is 10.1. The summed E-state index contributed by atoms with van der Waals surface area (Å²) in [6, 6.07) is 12.1. The van der Waals surface area contributed by atoms with Gasteiger partial charge in [-0.3, -0.25) is 4.79 Å². The summed E-state index contributed by atoms with van der Waals surface area (Å²) in [6.07, 6.45) is 2.07. The average molecular weight is 456 g/mol. The molecule has 0 aliphatic carbocycles. The van der Waals surface area contributed by atoms with Crippen LogP contribution in [0.1, 0.15) is 27.9 Å². The second-order valence-electron chi connectivity index (χ2n) is 5.27. The molecule has 0 fully saturated rings. The van der Waals surface area contributed by atoms with Gasteiger partial charge in [0, 0.05) is 14.6 Å². The molecule has 1 aliphatic heterocycles. The van der Waals surface area contributed by atoms with Crippen molar-refractivity contribution in [2.24, 2.45) is 0 Å². The van der Waals surface area contributed by atoms with Gasteiger partial charge in [0.2, 0.25) is 0 Å². The maximum atomic E-state index is 13.0. The summed E-state index contributed by atoms with van der Waals surface area (Å²) in [6.45, 7) is 2.87. The number of halogens is 2. The molecule has 4 heteroatoms. The second-order valence-corrected chi connectivity index (χ2v) is 7.35. The average Bonchev–Trinajstić information content (AvgIpc) is 2.49. The molecule has 2 aromatic rings. The topological polar surface area (TPSA) is 20.3 Å². The first-order valence-corrected chi connectivity index (χ1v) is 8.80. The number of hydrogen-bond acceptors (Lipinski definition) is 1. The fourth-order valence-corrected chi connectivity index (χ4v) is 3.78. The minimum Gasteiger partial charge on any atom is -0.308 e. The highest BCUT2D eigenvalue weighted by atomic mass is 127. The van der Waals surface area contributed by atoms with Crippen LogP contribution in [0.4, 0.5) is 5.69 Å². The summed E-state index contributed by atoms with van der Waals surface area (Å²) in [5.74, 6) is 0.0935. The van der Waals surface area contributed by atoms with Crippen LogP contribution in [-0.4, -0.2) is 12.5 Å². The van der Waals surface area contributed by atoms with E-state index in [1.54, 1.807) is 0 Å². The smallest absolute Gasteiger partial charge is 0.259 e. The normalized spacial score (nSPS) is 14.0. The van der Waals surface area contributed by atoms with E-state index >= 15 is 0 Å². The van der Waals surface area contributed by atoms with Crippen LogP contribution in [0.3, 0.4) is 0 Å². The monoisotopic (exact) mass is 455 g/mol. The molecule has 108 valence electrons. The van der Waals surface area contributed by atoms with E-state index in [-0.39, 0.29) is 5.91 Å². The van der Waals surface area contributed by atoms with E-state index in [0.29, 0.717) is 0 Å².